The number of imidazole rings is 1. The fourth-order valence-corrected chi connectivity index (χ4v) is 3.66. The van der Waals surface area contributed by atoms with E-state index in [1.165, 1.54) is 0 Å². The van der Waals surface area contributed by atoms with Gasteiger partial charge in [0.25, 0.3) is 0 Å². The third-order valence-corrected chi connectivity index (χ3v) is 5.15. The van der Waals surface area contributed by atoms with E-state index in [1.54, 1.807) is 19.2 Å². The summed E-state index contributed by atoms with van der Waals surface area (Å²) in [6.45, 7) is 5.60. The van der Waals surface area contributed by atoms with E-state index >= 15 is 0 Å². The molecule has 30 heavy (non-hydrogen) atoms. The number of fused-ring (bicyclic) bond motifs is 2. The lowest BCUT2D eigenvalue weighted by molar-refractivity contribution is 0.0377. The Morgan fingerprint density at radius 1 is 1.17 bits per heavy atom. The van der Waals surface area contributed by atoms with Gasteiger partial charge in [0.05, 0.1) is 30.0 Å². The van der Waals surface area contributed by atoms with Crippen LogP contribution in [0.5, 0.6) is 5.75 Å². The highest BCUT2D eigenvalue weighted by Gasteiger charge is 2.20. The van der Waals surface area contributed by atoms with Gasteiger partial charge in [-0.25, -0.2) is 9.78 Å². The Kier molecular flexibility index (Phi) is 4.99. The van der Waals surface area contributed by atoms with Crippen molar-refractivity contribution in [1.82, 2.24) is 14.5 Å². The third kappa shape index (κ3) is 3.41. The minimum atomic E-state index is -0.397. The first-order valence-corrected chi connectivity index (χ1v) is 9.92. The molecule has 4 aromatic rings. The largest absolute Gasteiger partial charge is 0.494 e. The highest BCUT2D eigenvalue weighted by Crippen LogP contribution is 2.33. The highest BCUT2D eigenvalue weighted by atomic mass is 16.5. The van der Waals surface area contributed by atoms with Gasteiger partial charge >= 0.3 is 5.97 Å². The lowest BCUT2D eigenvalue weighted by Gasteiger charge is -2.10. The standard InChI is InChI=1S/C23H26N4O3/c1-12(2)30-23(28)16-10-18-21(20(11-16)29-5)27(4)22(26-18)19-9-15-7-6-14(13(3)24)8-17(15)25-19/h6-13,25H,24H2,1-5H3/t13-/m1/s1. The van der Waals surface area contributed by atoms with Gasteiger partial charge in [0.2, 0.25) is 0 Å². The maximum absolute atomic E-state index is 12.4. The van der Waals surface area contributed by atoms with Gasteiger partial charge in [0.1, 0.15) is 11.3 Å². The molecule has 0 aliphatic rings. The zero-order valence-corrected chi connectivity index (χ0v) is 17.8. The van der Waals surface area contributed by atoms with Crippen molar-refractivity contribution >= 4 is 27.9 Å². The van der Waals surface area contributed by atoms with E-state index < -0.39 is 5.97 Å². The van der Waals surface area contributed by atoms with E-state index in [9.17, 15) is 4.79 Å². The lowest BCUT2D eigenvalue weighted by Crippen LogP contribution is -2.11. The molecule has 0 aliphatic heterocycles. The number of rotatable bonds is 5. The number of hydrogen-bond acceptors (Lipinski definition) is 5. The van der Waals surface area contributed by atoms with Crippen LogP contribution in [0.3, 0.4) is 0 Å². The molecule has 0 saturated carbocycles. The molecule has 7 heteroatoms. The summed E-state index contributed by atoms with van der Waals surface area (Å²) >= 11 is 0. The number of esters is 1. The second kappa shape index (κ2) is 7.50. The van der Waals surface area contributed by atoms with Crippen LogP contribution in [-0.2, 0) is 11.8 Å². The number of nitrogens with two attached hydrogens (primary N) is 1. The van der Waals surface area contributed by atoms with Crippen molar-refractivity contribution in [3.63, 3.8) is 0 Å². The van der Waals surface area contributed by atoms with Crippen molar-refractivity contribution in [3.8, 4) is 17.3 Å². The number of ether oxygens (including phenoxy) is 2. The van der Waals surface area contributed by atoms with Crippen LogP contribution < -0.4 is 10.5 Å². The molecule has 2 aromatic heterocycles. The second-order valence-electron chi connectivity index (χ2n) is 7.81. The average molecular weight is 406 g/mol. The number of methoxy groups -OCH3 is 1. The molecule has 3 N–H and O–H groups in total. The summed E-state index contributed by atoms with van der Waals surface area (Å²) in [5.74, 6) is 0.919. The Bertz CT molecular complexity index is 1250. The Labute approximate surface area is 174 Å². The number of carbonyl (C=O) groups is 1. The normalized spacial score (nSPS) is 12.6. The zero-order valence-electron chi connectivity index (χ0n) is 17.8. The monoisotopic (exact) mass is 406 g/mol. The molecule has 0 aliphatic carbocycles. The molecule has 0 unspecified atom stereocenters. The molecular formula is C23H26N4O3. The summed E-state index contributed by atoms with van der Waals surface area (Å²) in [5.41, 5.74) is 10.8. The first-order chi connectivity index (χ1) is 14.3. The van der Waals surface area contributed by atoms with E-state index in [4.69, 9.17) is 20.2 Å². The van der Waals surface area contributed by atoms with Crippen molar-refractivity contribution in [2.75, 3.05) is 7.11 Å². The van der Waals surface area contributed by atoms with Gasteiger partial charge in [-0.2, -0.15) is 0 Å². The number of hydrogen-bond donors (Lipinski definition) is 2. The first-order valence-electron chi connectivity index (χ1n) is 9.92. The van der Waals surface area contributed by atoms with Crippen LogP contribution in [0.1, 0.15) is 42.7 Å². The average Bonchev–Trinajstić information content (AvgIpc) is 3.26. The van der Waals surface area contributed by atoms with E-state index in [0.717, 1.165) is 33.5 Å². The molecule has 0 bridgehead atoms. The van der Waals surface area contributed by atoms with Gasteiger partial charge in [-0.15, -0.1) is 0 Å². The highest BCUT2D eigenvalue weighted by molar-refractivity contribution is 5.97. The zero-order chi connectivity index (χ0) is 21.6. The summed E-state index contributed by atoms with van der Waals surface area (Å²) < 4.78 is 12.9. The van der Waals surface area contributed by atoms with Crippen LogP contribution in [0, 0.1) is 0 Å². The Hall–Kier alpha value is -3.32. The number of carbonyl (C=O) groups excluding carboxylic acids is 1. The molecule has 0 saturated heterocycles. The van der Waals surface area contributed by atoms with E-state index in [-0.39, 0.29) is 12.1 Å². The predicted octanol–water partition coefficient (Wildman–Crippen LogP) is 4.32. The van der Waals surface area contributed by atoms with Crippen LogP contribution in [0.2, 0.25) is 0 Å². The summed E-state index contributed by atoms with van der Waals surface area (Å²) in [5, 5.41) is 1.08. The van der Waals surface area contributed by atoms with Crippen molar-refractivity contribution in [3.05, 3.63) is 47.5 Å². The Morgan fingerprint density at radius 2 is 1.93 bits per heavy atom. The van der Waals surface area contributed by atoms with Crippen molar-refractivity contribution in [2.24, 2.45) is 12.8 Å². The topological polar surface area (TPSA) is 95.2 Å². The fourth-order valence-electron chi connectivity index (χ4n) is 3.66. The van der Waals surface area contributed by atoms with E-state index in [0.29, 0.717) is 16.8 Å². The molecule has 0 spiro atoms. The van der Waals surface area contributed by atoms with E-state index in [1.807, 2.05) is 38.5 Å². The number of H-pyrrole nitrogens is 1. The molecule has 0 fully saturated rings. The number of nitrogens with one attached hydrogen (secondary N) is 1. The number of aryl methyl sites for hydroxylation is 1. The number of aromatic nitrogens is 3. The van der Waals surface area contributed by atoms with Gasteiger partial charge in [-0.05, 0) is 50.6 Å². The lowest BCUT2D eigenvalue weighted by atomic mass is 10.1. The summed E-state index contributed by atoms with van der Waals surface area (Å²) in [4.78, 5) is 20.6. The van der Waals surface area contributed by atoms with Crippen molar-refractivity contribution < 1.29 is 14.3 Å². The van der Waals surface area contributed by atoms with Crippen molar-refractivity contribution in [1.29, 1.82) is 0 Å². The van der Waals surface area contributed by atoms with Crippen LogP contribution in [-0.4, -0.2) is 33.7 Å². The maximum atomic E-state index is 12.4. The summed E-state index contributed by atoms with van der Waals surface area (Å²) in [7, 11) is 3.51. The Balaban J connectivity index is 1.85. The summed E-state index contributed by atoms with van der Waals surface area (Å²) in [6, 6.07) is 11.6. The quantitative estimate of drug-likeness (QED) is 0.482. The molecule has 7 nitrogen and oxygen atoms in total. The van der Waals surface area contributed by atoms with Crippen molar-refractivity contribution in [2.45, 2.75) is 32.9 Å². The number of aromatic amines is 1. The molecule has 1 atom stereocenters. The second-order valence-corrected chi connectivity index (χ2v) is 7.81. The number of benzene rings is 2. The predicted molar refractivity (Wildman–Crippen MR) is 118 cm³/mol. The van der Waals surface area contributed by atoms with Crippen LogP contribution >= 0.6 is 0 Å². The van der Waals surface area contributed by atoms with Gasteiger partial charge in [0.15, 0.2) is 5.82 Å². The minimum Gasteiger partial charge on any atom is -0.494 e. The van der Waals surface area contributed by atoms with Crippen LogP contribution in [0.25, 0.3) is 33.5 Å². The molecule has 2 heterocycles. The van der Waals surface area contributed by atoms with Crippen LogP contribution in [0.4, 0.5) is 0 Å². The van der Waals surface area contributed by atoms with E-state index in [2.05, 4.69) is 23.2 Å². The molecule has 4 rings (SSSR count). The first kappa shape index (κ1) is 20.0. The minimum absolute atomic E-state index is 0.0369. The molecule has 0 amide bonds. The molecule has 156 valence electrons. The van der Waals surface area contributed by atoms with Gasteiger partial charge in [0, 0.05) is 24.0 Å². The van der Waals surface area contributed by atoms with Crippen LogP contribution in [0.15, 0.2) is 36.4 Å². The third-order valence-electron chi connectivity index (χ3n) is 5.15. The summed E-state index contributed by atoms with van der Waals surface area (Å²) in [6.07, 6.45) is -0.203. The fraction of sp³-hybridized carbons (Fsp3) is 0.304. The molecule has 0 radical (unpaired) electrons. The maximum Gasteiger partial charge on any atom is 0.338 e. The Morgan fingerprint density at radius 3 is 2.60 bits per heavy atom. The smallest absolute Gasteiger partial charge is 0.338 e. The molecule has 2 aromatic carbocycles. The van der Waals surface area contributed by atoms with Gasteiger partial charge in [-0.3, -0.25) is 0 Å². The number of nitrogens with zero attached hydrogens (tertiary/aromatic N) is 2. The van der Waals surface area contributed by atoms with Gasteiger partial charge in [-0.1, -0.05) is 12.1 Å². The van der Waals surface area contributed by atoms with Gasteiger partial charge < -0.3 is 24.8 Å². The molecular weight excluding hydrogens is 380 g/mol. The SMILES string of the molecule is COc1cc(C(=O)OC(C)C)cc2nc(-c3cc4ccc([C@@H](C)N)cc4[nH]3)n(C)c12.